The zero-order chi connectivity index (χ0) is 24.9. The third kappa shape index (κ3) is 5.23. The summed E-state index contributed by atoms with van der Waals surface area (Å²) in [7, 11) is 0. The van der Waals surface area contributed by atoms with Gasteiger partial charge in [0, 0.05) is 38.4 Å². The molecule has 1 fully saturated rings. The van der Waals surface area contributed by atoms with Crippen molar-refractivity contribution in [2.75, 3.05) is 54.4 Å². The van der Waals surface area contributed by atoms with Crippen molar-refractivity contribution in [1.82, 2.24) is 9.80 Å². The molecule has 1 saturated heterocycles. The van der Waals surface area contributed by atoms with Crippen molar-refractivity contribution in [2.45, 2.75) is 6.54 Å². The SMILES string of the molecule is O=C(CN1C(=O)CN(C(=O)Nc2ccccc2)c2ccccc21)N1CCN(Cc2ccccc2)CC1. The first-order valence-electron chi connectivity index (χ1n) is 12.2. The Kier molecular flexibility index (Phi) is 6.95. The van der Waals surface area contributed by atoms with E-state index in [1.165, 1.54) is 15.4 Å². The van der Waals surface area contributed by atoms with Crippen LogP contribution in [0, 0.1) is 0 Å². The van der Waals surface area contributed by atoms with Crippen LogP contribution in [0.1, 0.15) is 5.56 Å². The average Bonchev–Trinajstić information content (AvgIpc) is 2.91. The van der Waals surface area contributed by atoms with Gasteiger partial charge in [-0.25, -0.2) is 4.79 Å². The minimum absolute atomic E-state index is 0.0390. The Bertz CT molecular complexity index is 1230. The van der Waals surface area contributed by atoms with Crippen LogP contribution in [0.5, 0.6) is 0 Å². The van der Waals surface area contributed by atoms with Crippen molar-refractivity contribution >= 4 is 34.9 Å². The number of hydrogen-bond donors (Lipinski definition) is 1. The first-order valence-corrected chi connectivity index (χ1v) is 12.2. The number of benzene rings is 3. The molecule has 0 atom stereocenters. The number of piperazine rings is 1. The Morgan fingerprint density at radius 3 is 2.06 bits per heavy atom. The molecule has 3 aromatic carbocycles. The van der Waals surface area contributed by atoms with Crippen LogP contribution >= 0.6 is 0 Å². The summed E-state index contributed by atoms with van der Waals surface area (Å²) in [4.78, 5) is 46.4. The van der Waals surface area contributed by atoms with Gasteiger partial charge in [-0.1, -0.05) is 60.7 Å². The molecule has 3 aromatic rings. The van der Waals surface area contributed by atoms with Gasteiger partial charge in [0.05, 0.1) is 11.4 Å². The summed E-state index contributed by atoms with van der Waals surface area (Å²) < 4.78 is 0. The number of hydrogen-bond acceptors (Lipinski definition) is 4. The van der Waals surface area contributed by atoms with E-state index in [0.29, 0.717) is 30.2 Å². The van der Waals surface area contributed by atoms with E-state index in [-0.39, 0.29) is 30.9 Å². The first-order chi connectivity index (χ1) is 17.6. The molecule has 2 aliphatic heterocycles. The van der Waals surface area contributed by atoms with Crippen molar-refractivity contribution in [3.05, 3.63) is 90.5 Å². The average molecular weight is 484 g/mol. The van der Waals surface area contributed by atoms with Crippen LogP contribution in [0.15, 0.2) is 84.9 Å². The Morgan fingerprint density at radius 2 is 1.36 bits per heavy atom. The fourth-order valence-electron chi connectivity index (χ4n) is 4.66. The molecular weight excluding hydrogens is 454 g/mol. The van der Waals surface area contributed by atoms with Crippen molar-refractivity contribution < 1.29 is 14.4 Å². The molecule has 184 valence electrons. The molecule has 5 rings (SSSR count). The molecule has 8 heteroatoms. The molecule has 0 radical (unpaired) electrons. The number of anilines is 3. The second-order valence-electron chi connectivity index (χ2n) is 8.99. The lowest BCUT2D eigenvalue weighted by Crippen LogP contribution is -2.54. The number of carbonyl (C=O) groups is 3. The highest BCUT2D eigenvalue weighted by molar-refractivity contribution is 6.15. The largest absolute Gasteiger partial charge is 0.339 e. The molecule has 0 aliphatic carbocycles. The van der Waals surface area contributed by atoms with Crippen LogP contribution in [-0.4, -0.2) is 66.9 Å². The van der Waals surface area contributed by atoms with Gasteiger partial charge in [0.2, 0.25) is 11.8 Å². The third-order valence-electron chi connectivity index (χ3n) is 6.60. The standard InChI is InChI=1S/C28H29N5O3/c34-26(31-17-15-30(16-18-31)19-22-9-3-1-4-10-22)20-32-24-13-7-8-14-25(24)33(21-27(32)35)28(36)29-23-11-5-2-6-12-23/h1-14H,15-21H2,(H,29,36). The molecule has 0 saturated carbocycles. The molecule has 0 spiro atoms. The number of rotatable bonds is 5. The molecular formula is C28H29N5O3. The number of para-hydroxylation sites is 3. The van der Waals surface area contributed by atoms with Gasteiger partial charge in [-0.2, -0.15) is 0 Å². The highest BCUT2D eigenvalue weighted by Crippen LogP contribution is 2.33. The summed E-state index contributed by atoms with van der Waals surface area (Å²) >= 11 is 0. The van der Waals surface area contributed by atoms with Crippen molar-refractivity contribution in [2.24, 2.45) is 0 Å². The maximum Gasteiger partial charge on any atom is 0.326 e. The summed E-state index contributed by atoms with van der Waals surface area (Å²) in [5.41, 5.74) is 3.07. The lowest BCUT2D eigenvalue weighted by molar-refractivity contribution is -0.133. The smallest absolute Gasteiger partial charge is 0.326 e. The lowest BCUT2D eigenvalue weighted by Gasteiger charge is -2.38. The highest BCUT2D eigenvalue weighted by atomic mass is 16.2. The Hall–Kier alpha value is -4.17. The van der Waals surface area contributed by atoms with E-state index in [4.69, 9.17) is 0 Å². The van der Waals surface area contributed by atoms with Gasteiger partial charge in [0.15, 0.2) is 0 Å². The topological polar surface area (TPSA) is 76.2 Å². The molecule has 8 nitrogen and oxygen atoms in total. The normalized spacial score (nSPS) is 16.0. The van der Waals surface area contributed by atoms with Gasteiger partial charge in [0.1, 0.15) is 13.1 Å². The monoisotopic (exact) mass is 483 g/mol. The predicted molar refractivity (Wildman–Crippen MR) is 140 cm³/mol. The molecule has 4 amide bonds. The minimum atomic E-state index is -0.387. The second-order valence-corrected chi connectivity index (χ2v) is 8.99. The second kappa shape index (κ2) is 10.6. The fraction of sp³-hybridized carbons (Fsp3) is 0.250. The van der Waals surface area contributed by atoms with Gasteiger partial charge in [-0.3, -0.25) is 24.3 Å². The van der Waals surface area contributed by atoms with Gasteiger partial charge < -0.3 is 10.2 Å². The third-order valence-corrected chi connectivity index (χ3v) is 6.60. The van der Waals surface area contributed by atoms with E-state index >= 15 is 0 Å². The number of carbonyl (C=O) groups excluding carboxylic acids is 3. The molecule has 36 heavy (non-hydrogen) atoms. The van der Waals surface area contributed by atoms with Gasteiger partial charge in [0.25, 0.3) is 0 Å². The summed E-state index contributed by atoms with van der Waals surface area (Å²) in [6.07, 6.45) is 0. The minimum Gasteiger partial charge on any atom is -0.339 e. The van der Waals surface area contributed by atoms with E-state index in [1.807, 2.05) is 53.4 Å². The van der Waals surface area contributed by atoms with E-state index in [0.717, 1.165) is 19.6 Å². The van der Waals surface area contributed by atoms with Gasteiger partial charge in [-0.15, -0.1) is 0 Å². The maximum absolute atomic E-state index is 13.2. The van der Waals surface area contributed by atoms with Crippen LogP contribution in [0.3, 0.4) is 0 Å². The Balaban J connectivity index is 1.23. The van der Waals surface area contributed by atoms with E-state index in [2.05, 4.69) is 22.3 Å². The molecule has 1 N–H and O–H groups in total. The fourth-order valence-corrected chi connectivity index (χ4v) is 4.66. The number of urea groups is 1. The molecule has 2 heterocycles. The lowest BCUT2D eigenvalue weighted by atomic mass is 10.1. The van der Waals surface area contributed by atoms with Crippen molar-refractivity contribution in [3.63, 3.8) is 0 Å². The van der Waals surface area contributed by atoms with Crippen LogP contribution in [0.4, 0.5) is 21.9 Å². The molecule has 0 unspecified atom stereocenters. The summed E-state index contributed by atoms with van der Waals surface area (Å²) in [6, 6.07) is 26.2. The van der Waals surface area contributed by atoms with Crippen LogP contribution in [-0.2, 0) is 16.1 Å². The first kappa shape index (κ1) is 23.6. The molecule has 0 bridgehead atoms. The molecule has 0 aromatic heterocycles. The number of amides is 4. The predicted octanol–water partition coefficient (Wildman–Crippen LogP) is 3.42. The van der Waals surface area contributed by atoms with Crippen LogP contribution < -0.4 is 15.1 Å². The maximum atomic E-state index is 13.2. The van der Waals surface area contributed by atoms with Gasteiger partial charge >= 0.3 is 6.03 Å². The van der Waals surface area contributed by atoms with Crippen molar-refractivity contribution in [3.8, 4) is 0 Å². The summed E-state index contributed by atoms with van der Waals surface area (Å²) in [5.74, 6) is -0.368. The quantitative estimate of drug-likeness (QED) is 0.604. The zero-order valence-corrected chi connectivity index (χ0v) is 20.0. The van der Waals surface area contributed by atoms with Crippen LogP contribution in [0.25, 0.3) is 0 Å². The van der Waals surface area contributed by atoms with Crippen LogP contribution in [0.2, 0.25) is 0 Å². The van der Waals surface area contributed by atoms with Crippen molar-refractivity contribution in [1.29, 1.82) is 0 Å². The van der Waals surface area contributed by atoms with E-state index < -0.39 is 0 Å². The number of nitrogens with one attached hydrogen (secondary N) is 1. The number of nitrogens with zero attached hydrogens (tertiary/aromatic N) is 4. The van der Waals surface area contributed by atoms with E-state index in [9.17, 15) is 14.4 Å². The Morgan fingerprint density at radius 1 is 0.750 bits per heavy atom. The summed E-state index contributed by atoms with van der Waals surface area (Å²) in [5, 5.41) is 2.84. The Labute approximate surface area is 210 Å². The zero-order valence-electron chi connectivity index (χ0n) is 20.0. The highest BCUT2D eigenvalue weighted by Gasteiger charge is 2.34. The van der Waals surface area contributed by atoms with E-state index in [1.54, 1.807) is 24.3 Å². The number of fused-ring (bicyclic) bond motifs is 1. The molecule has 2 aliphatic rings. The summed E-state index contributed by atoms with van der Waals surface area (Å²) in [6.45, 7) is 3.53. The van der Waals surface area contributed by atoms with Gasteiger partial charge in [-0.05, 0) is 29.8 Å².